The maximum atomic E-state index is 12.0. The van der Waals surface area contributed by atoms with E-state index in [0.29, 0.717) is 18.7 Å². The molecule has 0 aromatic carbocycles. The molecule has 2 heterocycles. The first-order chi connectivity index (χ1) is 8.15. The van der Waals surface area contributed by atoms with Crippen molar-refractivity contribution in [1.82, 2.24) is 10.3 Å². The van der Waals surface area contributed by atoms with Crippen LogP contribution in [0.15, 0.2) is 10.8 Å². The molecule has 2 rings (SSSR count). The quantitative estimate of drug-likeness (QED) is 0.884. The van der Waals surface area contributed by atoms with E-state index >= 15 is 0 Å². The van der Waals surface area contributed by atoms with Gasteiger partial charge in [0, 0.05) is 6.54 Å². The lowest BCUT2D eigenvalue weighted by Crippen LogP contribution is -2.23. The molecule has 1 unspecified atom stereocenters. The van der Waals surface area contributed by atoms with Crippen LogP contribution in [0, 0.1) is 0 Å². The van der Waals surface area contributed by atoms with Crippen molar-refractivity contribution in [2.24, 2.45) is 0 Å². The first-order valence-corrected chi connectivity index (χ1v) is 7.71. The summed E-state index contributed by atoms with van der Waals surface area (Å²) in [6, 6.07) is 0. The highest BCUT2D eigenvalue weighted by Crippen LogP contribution is 2.34. The predicted molar refractivity (Wildman–Crippen MR) is 64.3 cm³/mol. The van der Waals surface area contributed by atoms with Gasteiger partial charge in [-0.05, 0) is 19.4 Å². The van der Waals surface area contributed by atoms with E-state index < -0.39 is 15.1 Å². The Kier molecular flexibility index (Phi) is 3.83. The van der Waals surface area contributed by atoms with Gasteiger partial charge in [-0.25, -0.2) is 13.4 Å². The summed E-state index contributed by atoms with van der Waals surface area (Å²) in [5.41, 5.74) is 0.724. The molecular weight excluding hydrogens is 240 g/mol. The van der Waals surface area contributed by atoms with E-state index in [4.69, 9.17) is 4.42 Å². The molecule has 5 nitrogen and oxygen atoms in total. The number of nitrogens with one attached hydrogen (secondary N) is 1. The minimum atomic E-state index is -3.06. The van der Waals surface area contributed by atoms with E-state index in [-0.39, 0.29) is 5.75 Å². The third-order valence-corrected chi connectivity index (χ3v) is 5.26. The Morgan fingerprint density at radius 1 is 1.53 bits per heavy atom. The average Bonchev–Trinajstić information content (AvgIpc) is 2.73. The molecule has 1 saturated heterocycles. The standard InChI is InChI=1S/C11H18N2O3S/c1-2-12-7-9-11(16-8-13-9)10-5-3-4-6-17(10,14)15/h8,10,12H,2-7H2,1H3. The smallest absolute Gasteiger partial charge is 0.181 e. The van der Waals surface area contributed by atoms with Crippen molar-refractivity contribution in [3.63, 3.8) is 0 Å². The number of hydrogen-bond donors (Lipinski definition) is 1. The van der Waals surface area contributed by atoms with Crippen molar-refractivity contribution in [2.45, 2.75) is 38.0 Å². The lowest BCUT2D eigenvalue weighted by Gasteiger charge is -2.20. The molecule has 0 amide bonds. The molecule has 1 aliphatic heterocycles. The first kappa shape index (κ1) is 12.6. The Morgan fingerprint density at radius 3 is 3.06 bits per heavy atom. The molecule has 1 fully saturated rings. The molecule has 0 saturated carbocycles. The molecule has 1 aromatic rings. The van der Waals surface area contributed by atoms with E-state index in [0.717, 1.165) is 25.1 Å². The van der Waals surface area contributed by atoms with Crippen LogP contribution >= 0.6 is 0 Å². The molecule has 1 atom stereocenters. The van der Waals surface area contributed by atoms with Crippen LogP contribution in [0.4, 0.5) is 0 Å². The van der Waals surface area contributed by atoms with E-state index in [1.54, 1.807) is 0 Å². The fourth-order valence-electron chi connectivity index (χ4n) is 2.17. The molecule has 1 N–H and O–H groups in total. The number of aromatic nitrogens is 1. The van der Waals surface area contributed by atoms with Crippen LogP contribution in [-0.4, -0.2) is 25.7 Å². The van der Waals surface area contributed by atoms with Gasteiger partial charge in [-0.15, -0.1) is 0 Å². The molecular formula is C11H18N2O3S. The highest BCUT2D eigenvalue weighted by Gasteiger charge is 2.34. The summed E-state index contributed by atoms with van der Waals surface area (Å²) in [4.78, 5) is 4.10. The lowest BCUT2D eigenvalue weighted by atomic mass is 10.1. The minimum absolute atomic E-state index is 0.263. The summed E-state index contributed by atoms with van der Waals surface area (Å²) >= 11 is 0. The van der Waals surface area contributed by atoms with Crippen LogP contribution in [0.1, 0.15) is 42.9 Å². The van der Waals surface area contributed by atoms with E-state index in [1.807, 2.05) is 6.92 Å². The van der Waals surface area contributed by atoms with Gasteiger partial charge in [0.05, 0.1) is 11.4 Å². The van der Waals surface area contributed by atoms with Crippen LogP contribution in [0.3, 0.4) is 0 Å². The van der Waals surface area contributed by atoms with Gasteiger partial charge in [-0.3, -0.25) is 0 Å². The number of nitrogens with zero attached hydrogens (tertiary/aromatic N) is 1. The van der Waals surface area contributed by atoms with Gasteiger partial charge in [-0.1, -0.05) is 13.3 Å². The third-order valence-electron chi connectivity index (χ3n) is 3.09. The van der Waals surface area contributed by atoms with Crippen LogP contribution in [0.2, 0.25) is 0 Å². The maximum absolute atomic E-state index is 12.0. The molecule has 17 heavy (non-hydrogen) atoms. The van der Waals surface area contributed by atoms with Gasteiger partial charge in [0.2, 0.25) is 0 Å². The summed E-state index contributed by atoms with van der Waals surface area (Å²) in [6.45, 7) is 3.38. The van der Waals surface area contributed by atoms with E-state index in [9.17, 15) is 8.42 Å². The second kappa shape index (κ2) is 5.18. The fraction of sp³-hybridized carbons (Fsp3) is 0.727. The van der Waals surface area contributed by atoms with Gasteiger partial charge in [0.15, 0.2) is 16.2 Å². The molecule has 0 spiro atoms. The van der Waals surface area contributed by atoms with Crippen LogP contribution in [0.5, 0.6) is 0 Å². The summed E-state index contributed by atoms with van der Waals surface area (Å²) in [5, 5.41) is 2.65. The highest BCUT2D eigenvalue weighted by atomic mass is 32.2. The Balaban J connectivity index is 2.23. The van der Waals surface area contributed by atoms with Crippen molar-refractivity contribution in [2.75, 3.05) is 12.3 Å². The largest absolute Gasteiger partial charge is 0.447 e. The maximum Gasteiger partial charge on any atom is 0.181 e. The Bertz CT molecular complexity index is 467. The number of hydrogen-bond acceptors (Lipinski definition) is 5. The molecule has 0 bridgehead atoms. The third kappa shape index (κ3) is 2.69. The molecule has 0 aliphatic carbocycles. The number of oxazole rings is 1. The van der Waals surface area contributed by atoms with Crippen molar-refractivity contribution < 1.29 is 12.8 Å². The van der Waals surface area contributed by atoms with Crippen LogP contribution in [-0.2, 0) is 16.4 Å². The molecule has 6 heteroatoms. The van der Waals surface area contributed by atoms with Crippen molar-refractivity contribution in [3.05, 3.63) is 17.8 Å². The highest BCUT2D eigenvalue weighted by molar-refractivity contribution is 7.91. The fourth-order valence-corrected chi connectivity index (χ4v) is 4.10. The predicted octanol–water partition coefficient (Wildman–Crippen LogP) is 1.42. The Labute approximate surface area is 102 Å². The second-order valence-corrected chi connectivity index (χ2v) is 6.60. The Morgan fingerprint density at radius 2 is 2.35 bits per heavy atom. The lowest BCUT2D eigenvalue weighted by molar-refractivity contribution is 0.457. The summed E-state index contributed by atoms with van der Waals surface area (Å²) in [6.07, 6.45) is 3.68. The van der Waals surface area contributed by atoms with Crippen molar-refractivity contribution in [1.29, 1.82) is 0 Å². The van der Waals surface area contributed by atoms with Gasteiger partial charge >= 0.3 is 0 Å². The molecule has 96 valence electrons. The summed E-state index contributed by atoms with van der Waals surface area (Å²) in [7, 11) is -3.06. The van der Waals surface area contributed by atoms with Crippen molar-refractivity contribution in [3.8, 4) is 0 Å². The summed E-state index contributed by atoms with van der Waals surface area (Å²) in [5.74, 6) is 0.796. The number of rotatable bonds is 4. The van der Waals surface area contributed by atoms with Gasteiger partial charge in [-0.2, -0.15) is 0 Å². The van der Waals surface area contributed by atoms with Gasteiger partial charge < -0.3 is 9.73 Å². The van der Waals surface area contributed by atoms with E-state index in [2.05, 4.69) is 10.3 Å². The topological polar surface area (TPSA) is 72.2 Å². The molecule has 1 aliphatic rings. The van der Waals surface area contributed by atoms with Crippen LogP contribution in [0.25, 0.3) is 0 Å². The van der Waals surface area contributed by atoms with Gasteiger partial charge in [0.1, 0.15) is 11.0 Å². The zero-order valence-electron chi connectivity index (χ0n) is 9.98. The Hall–Kier alpha value is -0.880. The van der Waals surface area contributed by atoms with E-state index in [1.165, 1.54) is 6.39 Å². The normalized spacial score (nSPS) is 23.7. The van der Waals surface area contributed by atoms with Crippen LogP contribution < -0.4 is 5.32 Å². The SMILES string of the molecule is CCNCc1ncoc1C1CCCCS1(=O)=O. The zero-order chi connectivity index (χ0) is 12.3. The van der Waals surface area contributed by atoms with Gasteiger partial charge in [0.25, 0.3) is 0 Å². The second-order valence-electron chi connectivity index (χ2n) is 4.30. The average molecular weight is 258 g/mol. The summed E-state index contributed by atoms with van der Waals surface area (Å²) < 4.78 is 29.3. The van der Waals surface area contributed by atoms with Crippen molar-refractivity contribution >= 4 is 9.84 Å². The first-order valence-electron chi connectivity index (χ1n) is 5.99. The molecule has 1 aromatic heterocycles. The zero-order valence-corrected chi connectivity index (χ0v) is 10.8. The monoisotopic (exact) mass is 258 g/mol. The minimum Gasteiger partial charge on any atom is -0.447 e. The number of sulfone groups is 1. The molecule has 0 radical (unpaired) electrons.